The zero-order valence-corrected chi connectivity index (χ0v) is 17.8. The lowest BCUT2D eigenvalue weighted by Gasteiger charge is -2.17. The summed E-state index contributed by atoms with van der Waals surface area (Å²) in [7, 11) is -4.04. The van der Waals surface area contributed by atoms with Gasteiger partial charge in [-0.3, -0.25) is 9.59 Å². The fraction of sp³-hybridized carbons (Fsp3) is 0.421. The molecular weight excluding hydrogens is 398 g/mol. The van der Waals surface area contributed by atoms with Gasteiger partial charge in [0.25, 0.3) is 5.91 Å². The molecule has 0 aliphatic rings. The second-order valence-corrected chi connectivity index (χ2v) is 8.27. The van der Waals surface area contributed by atoms with Crippen molar-refractivity contribution in [1.29, 1.82) is 0 Å². The molecule has 9 nitrogen and oxygen atoms in total. The molecule has 2 rings (SSSR count). The molecule has 2 atom stereocenters. The Morgan fingerprint density at radius 3 is 2.31 bits per heavy atom. The van der Waals surface area contributed by atoms with Gasteiger partial charge >= 0.3 is 5.97 Å². The van der Waals surface area contributed by atoms with E-state index in [4.69, 9.17) is 9.26 Å². The van der Waals surface area contributed by atoms with E-state index in [9.17, 15) is 18.0 Å². The SMILES string of the molecule is CCc1ccc(NC(=O)[C@H](C)OC(=O)[C@H](C)NS(=O)(=O)c2c(C)noc2C)cc1. The van der Waals surface area contributed by atoms with Crippen molar-refractivity contribution in [3.8, 4) is 0 Å². The number of hydrogen-bond acceptors (Lipinski definition) is 7. The van der Waals surface area contributed by atoms with Gasteiger partial charge in [0, 0.05) is 5.69 Å². The topological polar surface area (TPSA) is 128 Å². The van der Waals surface area contributed by atoms with Crippen molar-refractivity contribution in [3.05, 3.63) is 41.3 Å². The largest absolute Gasteiger partial charge is 0.451 e. The number of rotatable bonds is 8. The molecule has 29 heavy (non-hydrogen) atoms. The number of esters is 1. The molecule has 0 fully saturated rings. The predicted octanol–water partition coefficient (Wildman–Crippen LogP) is 2.09. The summed E-state index contributed by atoms with van der Waals surface area (Å²) in [6.07, 6.45) is -0.233. The molecule has 1 aromatic carbocycles. The average Bonchev–Trinajstić information content (AvgIpc) is 3.00. The van der Waals surface area contributed by atoms with Crippen molar-refractivity contribution in [2.75, 3.05) is 5.32 Å². The number of aromatic nitrogens is 1. The van der Waals surface area contributed by atoms with Crippen LogP contribution in [0.4, 0.5) is 5.69 Å². The Labute approximate surface area is 169 Å². The van der Waals surface area contributed by atoms with Crippen molar-refractivity contribution in [3.63, 3.8) is 0 Å². The van der Waals surface area contributed by atoms with Gasteiger partial charge in [0.2, 0.25) is 10.0 Å². The summed E-state index contributed by atoms with van der Waals surface area (Å²) in [6, 6.07) is 6.07. The van der Waals surface area contributed by atoms with Gasteiger partial charge in [0.1, 0.15) is 16.6 Å². The summed E-state index contributed by atoms with van der Waals surface area (Å²) >= 11 is 0. The van der Waals surface area contributed by atoms with Crippen LogP contribution >= 0.6 is 0 Å². The van der Waals surface area contributed by atoms with E-state index < -0.39 is 34.0 Å². The van der Waals surface area contributed by atoms with Gasteiger partial charge in [0.05, 0.1) is 0 Å². The molecule has 2 N–H and O–H groups in total. The van der Waals surface area contributed by atoms with Crippen LogP contribution in [0.5, 0.6) is 0 Å². The van der Waals surface area contributed by atoms with Crippen molar-refractivity contribution in [1.82, 2.24) is 9.88 Å². The maximum Gasteiger partial charge on any atom is 0.324 e. The number of carbonyl (C=O) groups excluding carboxylic acids is 2. The van der Waals surface area contributed by atoms with Crippen LogP contribution in [0.15, 0.2) is 33.7 Å². The third-order valence-electron chi connectivity index (χ3n) is 4.21. The Hall–Kier alpha value is -2.72. The molecule has 0 saturated heterocycles. The average molecular weight is 423 g/mol. The highest BCUT2D eigenvalue weighted by Gasteiger charge is 2.30. The third kappa shape index (κ3) is 5.64. The lowest BCUT2D eigenvalue weighted by Crippen LogP contribution is -2.42. The van der Waals surface area contributed by atoms with Crippen LogP contribution in [0.1, 0.15) is 37.8 Å². The summed E-state index contributed by atoms with van der Waals surface area (Å²) in [4.78, 5) is 24.4. The van der Waals surface area contributed by atoms with E-state index in [0.29, 0.717) is 5.69 Å². The van der Waals surface area contributed by atoms with Gasteiger partial charge in [-0.25, -0.2) is 8.42 Å². The molecule has 0 spiro atoms. The first-order chi connectivity index (χ1) is 13.5. The Bertz CT molecular complexity index is 962. The minimum Gasteiger partial charge on any atom is -0.451 e. The maximum atomic E-state index is 12.5. The van der Waals surface area contributed by atoms with E-state index in [1.54, 1.807) is 12.1 Å². The first kappa shape index (κ1) is 22.6. The van der Waals surface area contributed by atoms with Crippen LogP contribution in [-0.4, -0.2) is 37.6 Å². The number of carbonyl (C=O) groups is 2. The van der Waals surface area contributed by atoms with Crippen molar-refractivity contribution < 1.29 is 27.3 Å². The summed E-state index contributed by atoms with van der Waals surface area (Å²) in [5.41, 5.74) is 1.88. The molecule has 1 aromatic heterocycles. The van der Waals surface area contributed by atoms with Crippen molar-refractivity contribution in [2.45, 2.75) is 58.1 Å². The molecule has 1 heterocycles. The van der Waals surface area contributed by atoms with Crippen LogP contribution in [0, 0.1) is 13.8 Å². The zero-order chi connectivity index (χ0) is 21.8. The van der Waals surface area contributed by atoms with Crippen LogP contribution in [0.2, 0.25) is 0 Å². The van der Waals surface area contributed by atoms with E-state index >= 15 is 0 Å². The number of hydrogen-bond donors (Lipinski definition) is 2. The quantitative estimate of drug-likeness (QED) is 0.622. The first-order valence-corrected chi connectivity index (χ1v) is 10.6. The fourth-order valence-electron chi connectivity index (χ4n) is 2.60. The third-order valence-corrected chi connectivity index (χ3v) is 6.00. The molecule has 158 valence electrons. The summed E-state index contributed by atoms with van der Waals surface area (Å²) < 4.78 is 37.1. The van der Waals surface area contributed by atoms with Crippen LogP contribution in [-0.2, 0) is 30.8 Å². The molecule has 0 radical (unpaired) electrons. The van der Waals surface area contributed by atoms with Gasteiger partial charge in [-0.1, -0.05) is 24.2 Å². The highest BCUT2D eigenvalue weighted by atomic mass is 32.2. The van der Waals surface area contributed by atoms with E-state index in [1.807, 2.05) is 19.1 Å². The molecule has 0 aliphatic heterocycles. The van der Waals surface area contributed by atoms with Gasteiger partial charge < -0.3 is 14.6 Å². The smallest absolute Gasteiger partial charge is 0.324 e. The maximum absolute atomic E-state index is 12.5. The number of aryl methyl sites for hydroxylation is 3. The second kappa shape index (κ2) is 9.19. The highest BCUT2D eigenvalue weighted by molar-refractivity contribution is 7.89. The van der Waals surface area contributed by atoms with E-state index in [2.05, 4.69) is 15.2 Å². The molecule has 0 aliphatic carbocycles. The molecule has 0 unspecified atom stereocenters. The van der Waals surface area contributed by atoms with Crippen LogP contribution in [0.25, 0.3) is 0 Å². The highest BCUT2D eigenvalue weighted by Crippen LogP contribution is 2.19. The zero-order valence-electron chi connectivity index (χ0n) is 17.0. The Kier molecular flexibility index (Phi) is 7.15. The molecule has 2 aromatic rings. The molecule has 0 saturated carbocycles. The van der Waals surface area contributed by atoms with Gasteiger partial charge in [-0.15, -0.1) is 0 Å². The molecule has 10 heteroatoms. The summed E-state index contributed by atoms with van der Waals surface area (Å²) in [5.74, 6) is -1.30. The van der Waals surface area contributed by atoms with E-state index in [1.165, 1.54) is 27.7 Å². The number of anilines is 1. The lowest BCUT2D eigenvalue weighted by atomic mass is 10.1. The van der Waals surface area contributed by atoms with Gasteiger partial charge in [0.15, 0.2) is 11.9 Å². The fourth-order valence-corrected chi connectivity index (χ4v) is 4.12. The number of benzene rings is 1. The van der Waals surface area contributed by atoms with Crippen LogP contribution in [0.3, 0.4) is 0 Å². The Morgan fingerprint density at radius 1 is 1.17 bits per heavy atom. The lowest BCUT2D eigenvalue weighted by molar-refractivity contribution is -0.154. The van der Waals surface area contributed by atoms with E-state index in [-0.39, 0.29) is 16.3 Å². The molecule has 1 amide bonds. The standard InChI is InChI=1S/C19H25N3O6S/c1-6-15-7-9-16(10-8-15)20-18(23)14(5)27-19(24)12(3)22-29(25,26)17-11(2)21-28-13(17)4/h7-10,12,14,22H,6H2,1-5H3,(H,20,23)/t12-,14-/m0/s1. The van der Waals surface area contributed by atoms with E-state index in [0.717, 1.165) is 12.0 Å². The Morgan fingerprint density at radius 2 is 1.79 bits per heavy atom. The van der Waals surface area contributed by atoms with Crippen molar-refractivity contribution in [2.24, 2.45) is 0 Å². The minimum atomic E-state index is -4.04. The predicted molar refractivity (Wildman–Crippen MR) is 106 cm³/mol. The molecular formula is C19H25N3O6S. The monoisotopic (exact) mass is 423 g/mol. The number of amides is 1. The Balaban J connectivity index is 1.96. The summed E-state index contributed by atoms with van der Waals surface area (Å²) in [6.45, 7) is 7.69. The molecule has 0 bridgehead atoms. The number of sulfonamides is 1. The van der Waals surface area contributed by atoms with Crippen molar-refractivity contribution >= 4 is 27.6 Å². The number of nitrogens with zero attached hydrogens (tertiary/aromatic N) is 1. The minimum absolute atomic E-state index is 0.109. The normalized spacial score (nSPS) is 13.6. The van der Waals surface area contributed by atoms with Gasteiger partial charge in [-0.2, -0.15) is 4.72 Å². The van der Waals surface area contributed by atoms with Gasteiger partial charge in [-0.05, 0) is 51.8 Å². The first-order valence-electron chi connectivity index (χ1n) is 9.10. The second-order valence-electron chi connectivity index (χ2n) is 6.62. The number of nitrogens with one attached hydrogen (secondary N) is 2. The number of ether oxygens (including phenoxy) is 1. The van der Waals surface area contributed by atoms with Crippen LogP contribution < -0.4 is 10.0 Å². The summed E-state index contributed by atoms with van der Waals surface area (Å²) in [5, 5.41) is 6.24.